The lowest BCUT2D eigenvalue weighted by Crippen LogP contribution is -2.39. The number of carbonyl (C=O) groups is 1. The molecule has 0 aromatic heterocycles. The molecular formula is C17H20BrClN4OS. The van der Waals surface area contributed by atoms with E-state index in [1.807, 2.05) is 43.4 Å². The molecule has 0 atom stereocenters. The predicted octanol–water partition coefficient (Wildman–Crippen LogP) is 4.45. The zero-order valence-electron chi connectivity index (χ0n) is 14.1. The van der Waals surface area contributed by atoms with Crippen LogP contribution >= 0.6 is 39.7 Å². The maximum atomic E-state index is 11.8. The van der Waals surface area contributed by atoms with Gasteiger partial charge in [-0.1, -0.05) is 39.7 Å². The highest BCUT2D eigenvalue weighted by molar-refractivity contribution is 9.10. The second-order valence-electron chi connectivity index (χ2n) is 4.83. The van der Waals surface area contributed by atoms with E-state index in [-0.39, 0.29) is 5.91 Å². The Bertz CT molecular complexity index is 725. The first-order chi connectivity index (χ1) is 11.9. The summed E-state index contributed by atoms with van der Waals surface area (Å²) in [6, 6.07) is 13.0. The van der Waals surface area contributed by atoms with Gasteiger partial charge < -0.3 is 10.6 Å². The van der Waals surface area contributed by atoms with E-state index < -0.39 is 0 Å². The largest absolute Gasteiger partial charge is 0.388 e. The van der Waals surface area contributed by atoms with E-state index in [1.54, 1.807) is 20.0 Å². The summed E-state index contributed by atoms with van der Waals surface area (Å²) < 4.78 is 0.843. The standard InChI is InChI=1S/C10H12BrN3OS.C7H8ClN/c1-6(16)13-14-10(15)8-5-7(11)3-4-9(8)12-2;1-9-7-4-2-6(8)3-5-7/h3-5,12H,1-2H3,(H,13,16)(H,14,15);2-5,9H,1H3. The molecule has 0 saturated heterocycles. The maximum absolute atomic E-state index is 11.8. The third-order valence-electron chi connectivity index (χ3n) is 2.98. The van der Waals surface area contributed by atoms with Crippen LogP contribution in [0.4, 0.5) is 11.4 Å². The first kappa shape index (κ1) is 21.2. The molecule has 4 N–H and O–H groups in total. The minimum atomic E-state index is -0.241. The summed E-state index contributed by atoms with van der Waals surface area (Å²) in [5.41, 5.74) is 7.49. The third kappa shape index (κ3) is 7.72. The zero-order valence-corrected chi connectivity index (χ0v) is 17.3. The van der Waals surface area contributed by atoms with E-state index >= 15 is 0 Å². The average molecular weight is 444 g/mol. The van der Waals surface area contributed by atoms with Crippen molar-refractivity contribution in [3.8, 4) is 0 Å². The van der Waals surface area contributed by atoms with Gasteiger partial charge in [0.25, 0.3) is 5.91 Å². The van der Waals surface area contributed by atoms with Crippen LogP contribution in [0.2, 0.25) is 5.02 Å². The molecule has 0 aliphatic heterocycles. The molecule has 2 rings (SSSR count). The molecule has 25 heavy (non-hydrogen) atoms. The lowest BCUT2D eigenvalue weighted by atomic mass is 10.1. The van der Waals surface area contributed by atoms with Gasteiger partial charge in [0.2, 0.25) is 0 Å². The average Bonchev–Trinajstić information content (AvgIpc) is 2.60. The van der Waals surface area contributed by atoms with Gasteiger partial charge in [0, 0.05) is 35.0 Å². The molecule has 1 amide bonds. The molecule has 0 radical (unpaired) electrons. The number of halogens is 2. The Balaban J connectivity index is 0.000000293. The molecule has 134 valence electrons. The number of rotatable bonds is 3. The van der Waals surface area contributed by atoms with Gasteiger partial charge in [-0.3, -0.25) is 15.6 Å². The van der Waals surface area contributed by atoms with Crippen LogP contribution in [-0.2, 0) is 0 Å². The summed E-state index contributed by atoms with van der Waals surface area (Å²) in [5, 5.41) is 6.72. The van der Waals surface area contributed by atoms with Crippen molar-refractivity contribution in [1.29, 1.82) is 0 Å². The van der Waals surface area contributed by atoms with E-state index in [4.69, 9.17) is 23.8 Å². The van der Waals surface area contributed by atoms with Crippen molar-refractivity contribution in [2.75, 3.05) is 24.7 Å². The molecule has 2 aromatic carbocycles. The molecule has 0 spiro atoms. The van der Waals surface area contributed by atoms with E-state index in [0.717, 1.165) is 20.9 Å². The second kappa shape index (κ2) is 10.9. The Kier molecular flexibility index (Phi) is 9.26. The number of hydrogen-bond donors (Lipinski definition) is 4. The van der Waals surface area contributed by atoms with Crippen LogP contribution in [0.25, 0.3) is 0 Å². The minimum absolute atomic E-state index is 0.241. The van der Waals surface area contributed by atoms with Gasteiger partial charge >= 0.3 is 0 Å². The topological polar surface area (TPSA) is 65.2 Å². The fourth-order valence-electron chi connectivity index (χ4n) is 1.75. The summed E-state index contributed by atoms with van der Waals surface area (Å²) in [4.78, 5) is 12.3. The predicted molar refractivity (Wildman–Crippen MR) is 114 cm³/mol. The third-order valence-corrected chi connectivity index (χ3v) is 3.83. The summed E-state index contributed by atoms with van der Waals surface area (Å²) in [6.45, 7) is 1.69. The summed E-state index contributed by atoms with van der Waals surface area (Å²) in [5.74, 6) is -0.241. The number of hydrazine groups is 1. The molecule has 0 heterocycles. The quantitative estimate of drug-likeness (QED) is 0.417. The normalized spacial score (nSPS) is 9.32. The van der Waals surface area contributed by atoms with Crippen LogP contribution in [0.5, 0.6) is 0 Å². The molecule has 0 fully saturated rings. The SMILES string of the molecule is CNc1ccc(Br)cc1C(=O)NNC(C)=S.CNc1ccc(Cl)cc1. The van der Waals surface area contributed by atoms with Crippen molar-refractivity contribution in [2.45, 2.75) is 6.92 Å². The van der Waals surface area contributed by atoms with Crippen LogP contribution in [0, 0.1) is 0 Å². The van der Waals surface area contributed by atoms with Crippen molar-refractivity contribution in [1.82, 2.24) is 10.9 Å². The van der Waals surface area contributed by atoms with Crippen molar-refractivity contribution in [2.24, 2.45) is 0 Å². The van der Waals surface area contributed by atoms with Gasteiger partial charge in [0.05, 0.1) is 10.6 Å². The van der Waals surface area contributed by atoms with Gasteiger partial charge in [-0.25, -0.2) is 0 Å². The van der Waals surface area contributed by atoms with Crippen molar-refractivity contribution < 1.29 is 4.79 Å². The molecule has 0 aliphatic carbocycles. The lowest BCUT2D eigenvalue weighted by Gasteiger charge is -2.10. The smallest absolute Gasteiger partial charge is 0.271 e. The van der Waals surface area contributed by atoms with Crippen LogP contribution in [-0.4, -0.2) is 25.0 Å². The van der Waals surface area contributed by atoms with Crippen molar-refractivity contribution in [3.05, 3.63) is 57.5 Å². The number of carbonyl (C=O) groups excluding carboxylic acids is 1. The zero-order chi connectivity index (χ0) is 18.8. The molecule has 0 saturated carbocycles. The van der Waals surface area contributed by atoms with E-state index in [0.29, 0.717) is 10.6 Å². The maximum Gasteiger partial charge on any atom is 0.271 e. The van der Waals surface area contributed by atoms with Crippen LogP contribution in [0.3, 0.4) is 0 Å². The van der Waals surface area contributed by atoms with Crippen molar-refractivity contribution >= 4 is 62.0 Å². The van der Waals surface area contributed by atoms with E-state index in [2.05, 4.69) is 37.4 Å². The highest BCUT2D eigenvalue weighted by atomic mass is 79.9. The molecule has 2 aromatic rings. The molecule has 8 heteroatoms. The van der Waals surface area contributed by atoms with Gasteiger partial charge in [0.1, 0.15) is 0 Å². The van der Waals surface area contributed by atoms with Crippen LogP contribution in [0.1, 0.15) is 17.3 Å². The van der Waals surface area contributed by atoms with Gasteiger partial charge in [-0.05, 0) is 49.4 Å². The highest BCUT2D eigenvalue weighted by Gasteiger charge is 2.10. The Morgan fingerprint density at radius 2 is 1.68 bits per heavy atom. The summed E-state index contributed by atoms with van der Waals surface area (Å²) in [6.07, 6.45) is 0. The minimum Gasteiger partial charge on any atom is -0.388 e. The fraction of sp³-hybridized carbons (Fsp3) is 0.176. The number of amides is 1. The monoisotopic (exact) mass is 442 g/mol. The Morgan fingerprint density at radius 3 is 2.20 bits per heavy atom. The van der Waals surface area contributed by atoms with Crippen LogP contribution < -0.4 is 21.5 Å². The van der Waals surface area contributed by atoms with E-state index in [1.165, 1.54) is 0 Å². The number of anilines is 2. The van der Waals surface area contributed by atoms with Crippen LogP contribution in [0.15, 0.2) is 46.9 Å². The van der Waals surface area contributed by atoms with Gasteiger partial charge in [-0.15, -0.1) is 0 Å². The number of thiocarbonyl (C=S) groups is 1. The number of benzene rings is 2. The van der Waals surface area contributed by atoms with E-state index in [9.17, 15) is 4.79 Å². The molecule has 5 nitrogen and oxygen atoms in total. The van der Waals surface area contributed by atoms with Crippen molar-refractivity contribution in [3.63, 3.8) is 0 Å². The van der Waals surface area contributed by atoms with Gasteiger partial charge in [-0.2, -0.15) is 0 Å². The molecule has 0 unspecified atom stereocenters. The number of nitrogens with one attached hydrogen (secondary N) is 4. The highest BCUT2D eigenvalue weighted by Crippen LogP contribution is 2.20. The number of hydrogen-bond acceptors (Lipinski definition) is 4. The van der Waals surface area contributed by atoms with Gasteiger partial charge in [0.15, 0.2) is 0 Å². The molecule has 0 bridgehead atoms. The molecular weight excluding hydrogens is 424 g/mol. The lowest BCUT2D eigenvalue weighted by molar-refractivity contribution is 0.0945. The summed E-state index contributed by atoms with van der Waals surface area (Å²) in [7, 11) is 3.64. The summed E-state index contributed by atoms with van der Waals surface area (Å²) >= 11 is 13.8. The first-order valence-electron chi connectivity index (χ1n) is 7.35. The Morgan fingerprint density at radius 1 is 1.04 bits per heavy atom. The molecule has 0 aliphatic rings. The second-order valence-corrected chi connectivity index (χ2v) is 6.80. The Hall–Kier alpha value is -1.83. The fourth-order valence-corrected chi connectivity index (χ4v) is 2.29. The first-order valence-corrected chi connectivity index (χ1v) is 8.92. The Labute approximate surface area is 166 Å².